The molecule has 0 radical (unpaired) electrons. The molecule has 0 aliphatic rings. The van der Waals surface area contributed by atoms with E-state index in [0.29, 0.717) is 6.07 Å². The van der Waals surface area contributed by atoms with Crippen LogP contribution in [0.3, 0.4) is 0 Å². The Morgan fingerprint density at radius 3 is 1.78 bits per heavy atom. The van der Waals surface area contributed by atoms with Gasteiger partial charge in [-0.05, 0) is 24.3 Å². The van der Waals surface area contributed by atoms with Crippen LogP contribution < -0.4 is 24.4 Å². The summed E-state index contributed by atoms with van der Waals surface area (Å²) in [6.45, 7) is -1.49. The minimum Gasteiger partial charge on any atom is -0.468 e. The monoisotopic (exact) mass is 538 g/mol. The number of aromatic nitrogens is 2. The zero-order valence-corrected chi connectivity index (χ0v) is 17.8. The number of ether oxygens (including phenoxy) is 3. The van der Waals surface area contributed by atoms with Gasteiger partial charge < -0.3 is 24.4 Å². The number of benzene rings is 1. The van der Waals surface area contributed by atoms with Gasteiger partial charge in [0.1, 0.15) is 18.2 Å². The Balaban J connectivity index is 2.26. The van der Waals surface area contributed by atoms with Crippen LogP contribution >= 0.6 is 0 Å². The van der Waals surface area contributed by atoms with Gasteiger partial charge in [-0.2, -0.15) is 36.3 Å². The molecule has 0 unspecified atom stereocenters. The van der Waals surface area contributed by atoms with Crippen molar-refractivity contribution in [1.29, 1.82) is 0 Å². The number of hydrogen-bond acceptors (Lipinski definition) is 7. The molecule has 0 saturated carbocycles. The Kier molecular flexibility index (Phi) is 9.04. The molecule has 36 heavy (non-hydrogen) atoms. The molecular weight excluding hydrogens is 522 g/mol. The molecule has 0 saturated heterocycles. The van der Waals surface area contributed by atoms with E-state index in [1.807, 2.05) is 0 Å². The fourth-order valence-corrected chi connectivity index (χ4v) is 2.45. The predicted octanol–water partition coefficient (Wildman–Crippen LogP) is 5.62. The summed E-state index contributed by atoms with van der Waals surface area (Å²) in [5.41, 5.74) is 0.0951. The second kappa shape index (κ2) is 11.4. The molecule has 0 fully saturated rings. The quantitative estimate of drug-likeness (QED) is 0.373. The summed E-state index contributed by atoms with van der Waals surface area (Å²) in [6, 6.07) is 4.67. The van der Waals surface area contributed by atoms with E-state index in [2.05, 4.69) is 36.1 Å². The Hall–Kier alpha value is -3.66. The molecule has 0 aliphatic heterocycles. The highest BCUT2D eigenvalue weighted by atomic mass is 19.4. The highest BCUT2D eigenvalue weighted by Crippen LogP contribution is 2.28. The lowest BCUT2D eigenvalue weighted by molar-refractivity contribution is -0.274. The van der Waals surface area contributed by atoms with Gasteiger partial charge in [-0.15, -0.1) is 13.2 Å². The molecule has 2 aromatic rings. The first-order valence-electron chi connectivity index (χ1n) is 9.48. The number of nitrogens with one attached hydrogen (secondary N) is 1. The fourth-order valence-electron chi connectivity index (χ4n) is 2.45. The lowest BCUT2D eigenvalue weighted by Gasteiger charge is -2.26. The van der Waals surface area contributed by atoms with Crippen molar-refractivity contribution in [3.63, 3.8) is 0 Å². The van der Waals surface area contributed by atoms with Gasteiger partial charge in [-0.25, -0.2) is 4.39 Å². The van der Waals surface area contributed by atoms with Gasteiger partial charge in [0.15, 0.2) is 13.2 Å². The van der Waals surface area contributed by atoms with Crippen molar-refractivity contribution in [3.05, 3.63) is 42.7 Å². The van der Waals surface area contributed by atoms with Crippen LogP contribution in [0.2, 0.25) is 0 Å². The van der Waals surface area contributed by atoms with E-state index in [0.717, 1.165) is 29.2 Å². The van der Waals surface area contributed by atoms with Gasteiger partial charge in [0.05, 0.1) is 12.6 Å². The van der Waals surface area contributed by atoms with Crippen molar-refractivity contribution in [2.24, 2.45) is 0 Å². The number of hydrogen-bond donors (Lipinski definition) is 1. The maximum Gasteiger partial charge on any atom is 0.573 e. The molecule has 1 aromatic carbocycles. The summed E-state index contributed by atoms with van der Waals surface area (Å²) in [7, 11) is 0. The molecule has 1 N–H and O–H groups in total. The van der Waals surface area contributed by atoms with Crippen molar-refractivity contribution < 1.29 is 58.1 Å². The van der Waals surface area contributed by atoms with Crippen LogP contribution in [0.4, 0.5) is 55.5 Å². The number of halogens is 10. The van der Waals surface area contributed by atoms with E-state index >= 15 is 0 Å². The van der Waals surface area contributed by atoms with Gasteiger partial charge in [0, 0.05) is 5.69 Å². The van der Waals surface area contributed by atoms with E-state index in [4.69, 9.17) is 0 Å². The van der Waals surface area contributed by atoms with E-state index in [1.165, 1.54) is 0 Å². The molecule has 0 spiro atoms. The van der Waals surface area contributed by atoms with Crippen molar-refractivity contribution in [3.8, 4) is 17.5 Å². The lowest BCUT2D eigenvalue weighted by Crippen LogP contribution is -2.29. The zero-order valence-electron chi connectivity index (χ0n) is 17.8. The molecule has 1 aromatic heterocycles. The molecule has 1 heterocycles. The van der Waals surface area contributed by atoms with Crippen LogP contribution in [0, 0.1) is 0 Å². The summed E-state index contributed by atoms with van der Waals surface area (Å²) in [5.74, 6) is -3.06. The average Bonchev–Trinajstić information content (AvgIpc) is 2.73. The largest absolute Gasteiger partial charge is 0.573 e. The van der Waals surface area contributed by atoms with Crippen molar-refractivity contribution in [2.75, 3.05) is 36.6 Å². The standard InChI is InChI=1S/C19H16F10N4O3/c1-11(33(7-6-20)12-2-4-13(5-3-12)36-19(27,28)29)30-16-31-14(34-9-17(21,22)23)8-15(32-16)35-10-18(24,25)26/h2-5,8H,1,6-7,9-10H2,(H,30,31,32). The average molecular weight is 538 g/mol. The zero-order chi connectivity index (χ0) is 27.1. The SMILES string of the molecule is C=C(Nc1nc(OCC(F)(F)F)cc(OCC(F)(F)F)n1)N(CCF)c1ccc(OC(F)(F)F)cc1. The molecule has 0 bridgehead atoms. The van der Waals surface area contributed by atoms with E-state index in [9.17, 15) is 43.9 Å². The Labute approximate surface area is 196 Å². The molecule has 200 valence electrons. The lowest BCUT2D eigenvalue weighted by atomic mass is 10.2. The van der Waals surface area contributed by atoms with Crippen LogP contribution in [0.25, 0.3) is 0 Å². The van der Waals surface area contributed by atoms with Crippen LogP contribution in [0.1, 0.15) is 0 Å². The third-order valence-corrected chi connectivity index (χ3v) is 3.72. The molecule has 0 aliphatic carbocycles. The second-order valence-corrected chi connectivity index (χ2v) is 6.63. The van der Waals surface area contributed by atoms with Crippen LogP contribution in [-0.2, 0) is 0 Å². The first-order valence-corrected chi connectivity index (χ1v) is 9.48. The van der Waals surface area contributed by atoms with Crippen LogP contribution in [0.15, 0.2) is 42.7 Å². The molecule has 0 atom stereocenters. The highest BCUT2D eigenvalue weighted by Gasteiger charge is 2.32. The minimum atomic E-state index is -4.95. The van der Waals surface area contributed by atoms with Gasteiger partial charge in [0.2, 0.25) is 17.7 Å². The number of rotatable bonds is 11. The third kappa shape index (κ3) is 10.3. The Bertz CT molecular complexity index is 974. The van der Waals surface area contributed by atoms with Crippen molar-refractivity contribution >= 4 is 11.6 Å². The maximum atomic E-state index is 13.1. The fraction of sp³-hybridized carbons (Fsp3) is 0.368. The summed E-state index contributed by atoms with van der Waals surface area (Å²) in [6.07, 6.45) is -14.5. The first-order chi connectivity index (χ1) is 16.5. The van der Waals surface area contributed by atoms with Gasteiger partial charge >= 0.3 is 18.7 Å². The van der Waals surface area contributed by atoms with E-state index in [-0.39, 0.29) is 11.5 Å². The molecule has 7 nitrogen and oxygen atoms in total. The van der Waals surface area contributed by atoms with Crippen molar-refractivity contribution in [1.82, 2.24) is 9.97 Å². The van der Waals surface area contributed by atoms with Crippen LogP contribution in [-0.4, -0.2) is 55.1 Å². The predicted molar refractivity (Wildman–Crippen MR) is 104 cm³/mol. The minimum absolute atomic E-state index is 0.0951. The van der Waals surface area contributed by atoms with Gasteiger partial charge in [-0.1, -0.05) is 6.58 Å². The Morgan fingerprint density at radius 2 is 1.36 bits per heavy atom. The first kappa shape index (κ1) is 28.6. The smallest absolute Gasteiger partial charge is 0.468 e. The second-order valence-electron chi connectivity index (χ2n) is 6.63. The molecular formula is C19H16F10N4O3. The van der Waals surface area contributed by atoms with E-state index < -0.39 is 68.6 Å². The normalized spacial score (nSPS) is 12.2. The summed E-state index contributed by atoms with van der Waals surface area (Å²) in [4.78, 5) is 8.24. The van der Waals surface area contributed by atoms with E-state index in [1.54, 1.807) is 0 Å². The maximum absolute atomic E-state index is 13.1. The summed E-state index contributed by atoms with van der Waals surface area (Å²) in [5, 5.41) is 2.36. The molecule has 17 heteroatoms. The summed E-state index contributed by atoms with van der Waals surface area (Å²) < 4.78 is 137. The van der Waals surface area contributed by atoms with Crippen LogP contribution in [0.5, 0.6) is 17.5 Å². The van der Waals surface area contributed by atoms with Gasteiger partial charge in [0.25, 0.3) is 0 Å². The number of nitrogens with zero attached hydrogens (tertiary/aromatic N) is 3. The topological polar surface area (TPSA) is 68.7 Å². The molecule has 0 amide bonds. The summed E-state index contributed by atoms with van der Waals surface area (Å²) >= 11 is 0. The van der Waals surface area contributed by atoms with Gasteiger partial charge in [-0.3, -0.25) is 0 Å². The molecule has 2 rings (SSSR count). The Morgan fingerprint density at radius 1 is 0.861 bits per heavy atom. The number of anilines is 2. The third-order valence-electron chi connectivity index (χ3n) is 3.72. The highest BCUT2D eigenvalue weighted by molar-refractivity contribution is 5.56. The number of alkyl halides is 10. The van der Waals surface area contributed by atoms with Crippen molar-refractivity contribution in [2.45, 2.75) is 18.7 Å².